The molecule has 0 spiro atoms. The van der Waals surface area contributed by atoms with Crippen molar-refractivity contribution in [3.8, 4) is 5.75 Å². The Balaban J connectivity index is 1.72. The van der Waals surface area contributed by atoms with E-state index < -0.39 is 0 Å². The first-order valence-electron chi connectivity index (χ1n) is 9.34. The Morgan fingerprint density at radius 2 is 1.89 bits per heavy atom. The molecule has 3 aromatic rings. The number of aromatic nitrogens is 1. The molecular formula is C22H26N2O3S. The van der Waals surface area contributed by atoms with Gasteiger partial charge in [-0.25, -0.2) is 0 Å². The van der Waals surface area contributed by atoms with Crippen LogP contribution in [0.3, 0.4) is 0 Å². The van der Waals surface area contributed by atoms with Crippen molar-refractivity contribution in [2.24, 2.45) is 0 Å². The van der Waals surface area contributed by atoms with Gasteiger partial charge in [0.1, 0.15) is 5.75 Å². The number of anilines is 1. The first-order chi connectivity index (χ1) is 13.2. The van der Waals surface area contributed by atoms with Gasteiger partial charge in [-0.15, -0.1) is 0 Å². The van der Waals surface area contributed by atoms with E-state index in [9.17, 15) is 9.59 Å². The van der Waals surface area contributed by atoms with Crippen LogP contribution in [0.4, 0.5) is 5.69 Å². The molecule has 1 amide bonds. The number of thiazole rings is 1. The van der Waals surface area contributed by atoms with E-state index in [1.54, 1.807) is 4.57 Å². The fraction of sp³-hybridized carbons (Fsp3) is 0.364. The van der Waals surface area contributed by atoms with Crippen LogP contribution in [0.1, 0.15) is 46.2 Å². The standard InChI is InChI=1S/C22H26N2O3S/c1-14(2)24-17-11-10-15(12-19(17)28-21(24)26)23-20(25)13-27-18-9-7-6-8-16(18)22(3,4)5/h6-12,14H,13H2,1-5H3,(H,23,25). The molecule has 5 nitrogen and oxygen atoms in total. The van der Waals surface area contributed by atoms with Crippen molar-refractivity contribution >= 4 is 33.1 Å². The Kier molecular flexibility index (Phi) is 5.61. The summed E-state index contributed by atoms with van der Waals surface area (Å²) in [6.45, 7) is 10.2. The zero-order valence-electron chi connectivity index (χ0n) is 16.9. The average Bonchev–Trinajstić information content (AvgIpc) is 2.94. The van der Waals surface area contributed by atoms with E-state index >= 15 is 0 Å². The van der Waals surface area contributed by atoms with Gasteiger partial charge >= 0.3 is 4.87 Å². The zero-order chi connectivity index (χ0) is 20.5. The van der Waals surface area contributed by atoms with Gasteiger partial charge in [0.05, 0.1) is 10.2 Å². The minimum atomic E-state index is -0.237. The summed E-state index contributed by atoms with van der Waals surface area (Å²) >= 11 is 1.19. The Morgan fingerprint density at radius 3 is 2.57 bits per heavy atom. The topological polar surface area (TPSA) is 60.3 Å². The Morgan fingerprint density at radius 1 is 1.18 bits per heavy atom. The van der Waals surface area contributed by atoms with Crippen molar-refractivity contribution in [1.29, 1.82) is 0 Å². The van der Waals surface area contributed by atoms with Crippen molar-refractivity contribution in [2.45, 2.75) is 46.1 Å². The molecule has 0 aliphatic rings. The van der Waals surface area contributed by atoms with Crippen LogP contribution in [0.2, 0.25) is 0 Å². The second-order valence-corrected chi connectivity index (χ2v) is 9.09. The van der Waals surface area contributed by atoms with Gasteiger partial charge in [0, 0.05) is 11.7 Å². The van der Waals surface area contributed by atoms with Gasteiger partial charge in [-0.05, 0) is 49.1 Å². The minimum absolute atomic E-state index is 0.00981. The molecule has 0 saturated carbocycles. The maximum Gasteiger partial charge on any atom is 0.308 e. The average molecular weight is 399 g/mol. The Hall–Kier alpha value is -2.60. The first-order valence-corrected chi connectivity index (χ1v) is 10.2. The number of rotatable bonds is 5. The number of benzene rings is 2. The Labute approximate surface area is 169 Å². The van der Waals surface area contributed by atoms with Crippen LogP contribution in [0.25, 0.3) is 10.2 Å². The van der Waals surface area contributed by atoms with E-state index in [1.807, 2.05) is 56.3 Å². The molecule has 1 heterocycles. The molecule has 0 saturated heterocycles. The van der Waals surface area contributed by atoms with Crippen LogP contribution in [0.15, 0.2) is 47.3 Å². The molecule has 28 heavy (non-hydrogen) atoms. The van der Waals surface area contributed by atoms with Gasteiger partial charge in [-0.1, -0.05) is 50.3 Å². The maximum atomic E-state index is 12.4. The molecule has 0 fully saturated rings. The van der Waals surface area contributed by atoms with Crippen molar-refractivity contribution < 1.29 is 9.53 Å². The number of amides is 1. The summed E-state index contributed by atoms with van der Waals surface area (Å²) in [5.74, 6) is 0.478. The van der Waals surface area contributed by atoms with Crippen LogP contribution in [0.5, 0.6) is 5.75 Å². The van der Waals surface area contributed by atoms with Crippen LogP contribution in [-0.2, 0) is 10.2 Å². The van der Waals surface area contributed by atoms with E-state index in [0.29, 0.717) is 11.4 Å². The van der Waals surface area contributed by atoms with Crippen LogP contribution < -0.4 is 14.9 Å². The molecule has 6 heteroatoms. The quantitative estimate of drug-likeness (QED) is 0.661. The predicted octanol–water partition coefficient (Wildman–Crippen LogP) is 4.96. The number of carbonyl (C=O) groups excluding carboxylic acids is 1. The summed E-state index contributed by atoms with van der Waals surface area (Å²) < 4.78 is 8.40. The summed E-state index contributed by atoms with van der Waals surface area (Å²) in [5.41, 5.74) is 2.53. The third kappa shape index (κ3) is 4.28. The van der Waals surface area contributed by atoms with Gasteiger partial charge in [0.25, 0.3) is 5.91 Å². The lowest BCUT2D eigenvalue weighted by atomic mass is 9.86. The molecule has 148 valence electrons. The molecule has 2 aromatic carbocycles. The lowest BCUT2D eigenvalue weighted by Crippen LogP contribution is -2.22. The van der Waals surface area contributed by atoms with Gasteiger partial charge < -0.3 is 10.1 Å². The molecular weight excluding hydrogens is 372 g/mol. The van der Waals surface area contributed by atoms with Crippen LogP contribution in [0, 0.1) is 0 Å². The summed E-state index contributed by atoms with van der Waals surface area (Å²) in [4.78, 5) is 24.5. The summed E-state index contributed by atoms with van der Waals surface area (Å²) in [5, 5.41) is 2.85. The van der Waals surface area contributed by atoms with E-state index in [-0.39, 0.29) is 28.8 Å². The Bertz CT molecular complexity index is 1060. The molecule has 0 radical (unpaired) electrons. The van der Waals surface area contributed by atoms with E-state index in [0.717, 1.165) is 15.8 Å². The van der Waals surface area contributed by atoms with E-state index in [1.165, 1.54) is 11.3 Å². The highest BCUT2D eigenvalue weighted by atomic mass is 32.1. The van der Waals surface area contributed by atoms with Gasteiger partial charge in [0.2, 0.25) is 0 Å². The van der Waals surface area contributed by atoms with Gasteiger partial charge in [-0.2, -0.15) is 0 Å². The highest BCUT2D eigenvalue weighted by Gasteiger charge is 2.19. The number of fused-ring (bicyclic) bond motifs is 1. The van der Waals surface area contributed by atoms with E-state index in [4.69, 9.17) is 4.74 Å². The van der Waals surface area contributed by atoms with Crippen LogP contribution >= 0.6 is 11.3 Å². The third-order valence-corrected chi connectivity index (χ3v) is 5.39. The molecule has 3 rings (SSSR count). The fourth-order valence-electron chi connectivity index (χ4n) is 3.16. The van der Waals surface area contributed by atoms with Gasteiger partial charge in [-0.3, -0.25) is 14.2 Å². The number of nitrogens with zero attached hydrogens (tertiary/aromatic N) is 1. The second-order valence-electron chi connectivity index (χ2n) is 8.10. The highest BCUT2D eigenvalue weighted by molar-refractivity contribution is 7.16. The van der Waals surface area contributed by atoms with Gasteiger partial charge in [0.15, 0.2) is 6.61 Å². The monoisotopic (exact) mass is 398 g/mol. The lowest BCUT2D eigenvalue weighted by Gasteiger charge is -2.22. The largest absolute Gasteiger partial charge is 0.483 e. The molecule has 0 aliphatic carbocycles. The SMILES string of the molecule is CC(C)n1c(=O)sc2cc(NC(=O)COc3ccccc3C(C)(C)C)ccc21. The fourth-order valence-corrected chi connectivity index (χ4v) is 4.21. The van der Waals surface area contributed by atoms with Crippen molar-refractivity contribution in [3.63, 3.8) is 0 Å². The summed E-state index contributed by atoms with van der Waals surface area (Å²) in [7, 11) is 0. The number of carbonyl (C=O) groups is 1. The number of hydrogen-bond acceptors (Lipinski definition) is 4. The van der Waals surface area contributed by atoms with Crippen molar-refractivity contribution in [1.82, 2.24) is 4.57 Å². The first kappa shape index (κ1) is 20.1. The molecule has 0 bridgehead atoms. The maximum absolute atomic E-state index is 12.4. The predicted molar refractivity (Wildman–Crippen MR) is 116 cm³/mol. The van der Waals surface area contributed by atoms with E-state index in [2.05, 4.69) is 26.1 Å². The second kappa shape index (κ2) is 7.80. The van der Waals surface area contributed by atoms with Crippen molar-refractivity contribution in [3.05, 3.63) is 57.7 Å². The van der Waals surface area contributed by atoms with Crippen molar-refractivity contribution in [2.75, 3.05) is 11.9 Å². The molecule has 0 unspecified atom stereocenters. The van der Waals surface area contributed by atoms with Crippen LogP contribution in [-0.4, -0.2) is 17.1 Å². The number of para-hydroxylation sites is 1. The third-order valence-electron chi connectivity index (χ3n) is 4.47. The zero-order valence-corrected chi connectivity index (χ0v) is 17.7. The molecule has 1 N–H and O–H groups in total. The number of hydrogen-bond donors (Lipinski definition) is 1. The smallest absolute Gasteiger partial charge is 0.308 e. The molecule has 1 aromatic heterocycles. The summed E-state index contributed by atoms with van der Waals surface area (Å²) in [6.07, 6.45) is 0. The summed E-state index contributed by atoms with van der Waals surface area (Å²) in [6, 6.07) is 13.4. The normalized spacial score (nSPS) is 11.8. The number of ether oxygens (including phenoxy) is 1. The lowest BCUT2D eigenvalue weighted by molar-refractivity contribution is -0.118. The minimum Gasteiger partial charge on any atom is -0.483 e. The number of nitrogens with one attached hydrogen (secondary N) is 1. The molecule has 0 aliphatic heterocycles. The highest BCUT2D eigenvalue weighted by Crippen LogP contribution is 2.31. The molecule has 0 atom stereocenters.